The maximum absolute atomic E-state index is 10.3. The van der Waals surface area contributed by atoms with Gasteiger partial charge in [-0.2, -0.15) is 0 Å². The highest BCUT2D eigenvalue weighted by atomic mass is 16.5. The predicted molar refractivity (Wildman–Crippen MR) is 41.6 cm³/mol. The van der Waals surface area contributed by atoms with Crippen LogP contribution in [-0.4, -0.2) is 36.9 Å². The second-order valence-electron chi connectivity index (χ2n) is 2.51. The first-order valence-electron chi connectivity index (χ1n) is 3.57. The lowest BCUT2D eigenvalue weighted by atomic mass is 10.3. The Hall–Kier alpha value is -0.610. The number of carbonyl (C=O) groups is 1. The summed E-state index contributed by atoms with van der Waals surface area (Å²) in [5.41, 5.74) is 0. The Labute approximate surface area is 66.5 Å². The molecule has 0 amide bonds. The summed E-state index contributed by atoms with van der Waals surface area (Å²) in [6.45, 7) is 4.04. The molecule has 2 atom stereocenters. The van der Waals surface area contributed by atoms with Gasteiger partial charge in [0, 0.05) is 13.7 Å². The SMILES string of the molecule is COC(C)CN[C@H](C)C(=O)O. The zero-order chi connectivity index (χ0) is 8.85. The topological polar surface area (TPSA) is 58.6 Å². The molecule has 4 heteroatoms. The molecule has 0 spiro atoms. The van der Waals surface area contributed by atoms with Crippen molar-refractivity contribution in [1.29, 1.82) is 0 Å². The molecule has 66 valence electrons. The summed E-state index contributed by atoms with van der Waals surface area (Å²) in [6, 6.07) is -0.507. The number of aliphatic carboxylic acids is 1. The molecule has 0 saturated carbocycles. The molecular weight excluding hydrogens is 146 g/mol. The van der Waals surface area contributed by atoms with Crippen LogP contribution < -0.4 is 5.32 Å². The van der Waals surface area contributed by atoms with Crippen LogP contribution in [0.25, 0.3) is 0 Å². The van der Waals surface area contributed by atoms with Crippen molar-refractivity contribution in [1.82, 2.24) is 5.32 Å². The minimum absolute atomic E-state index is 0.0526. The van der Waals surface area contributed by atoms with E-state index in [0.717, 1.165) is 0 Å². The van der Waals surface area contributed by atoms with E-state index in [0.29, 0.717) is 6.54 Å². The molecule has 0 rings (SSSR count). The molecular formula is C7H15NO3. The highest BCUT2D eigenvalue weighted by Gasteiger charge is 2.10. The van der Waals surface area contributed by atoms with Crippen molar-refractivity contribution in [2.24, 2.45) is 0 Å². The fourth-order valence-electron chi connectivity index (χ4n) is 0.513. The van der Waals surface area contributed by atoms with Crippen LogP contribution in [0.2, 0.25) is 0 Å². The Morgan fingerprint density at radius 1 is 1.64 bits per heavy atom. The van der Waals surface area contributed by atoms with Gasteiger partial charge in [-0.25, -0.2) is 0 Å². The van der Waals surface area contributed by atoms with Crippen molar-refractivity contribution in [3.63, 3.8) is 0 Å². The Morgan fingerprint density at radius 2 is 2.18 bits per heavy atom. The minimum Gasteiger partial charge on any atom is -0.480 e. The van der Waals surface area contributed by atoms with Gasteiger partial charge < -0.3 is 15.2 Å². The quantitative estimate of drug-likeness (QED) is 0.599. The second-order valence-corrected chi connectivity index (χ2v) is 2.51. The number of carboxylic acid groups (broad SMARTS) is 1. The van der Waals surface area contributed by atoms with Gasteiger partial charge in [-0.1, -0.05) is 0 Å². The number of methoxy groups -OCH3 is 1. The Morgan fingerprint density at radius 3 is 2.55 bits per heavy atom. The number of ether oxygens (including phenoxy) is 1. The number of carboxylic acids is 1. The smallest absolute Gasteiger partial charge is 0.320 e. The molecule has 0 aromatic heterocycles. The highest BCUT2D eigenvalue weighted by Crippen LogP contribution is 1.86. The molecule has 0 bridgehead atoms. The van der Waals surface area contributed by atoms with Crippen molar-refractivity contribution < 1.29 is 14.6 Å². The molecule has 0 aromatic rings. The van der Waals surface area contributed by atoms with E-state index in [4.69, 9.17) is 9.84 Å². The van der Waals surface area contributed by atoms with Gasteiger partial charge in [0.15, 0.2) is 0 Å². The van der Waals surface area contributed by atoms with Crippen LogP contribution in [-0.2, 0) is 9.53 Å². The van der Waals surface area contributed by atoms with Crippen LogP contribution in [0.3, 0.4) is 0 Å². The number of nitrogens with one attached hydrogen (secondary N) is 1. The number of hydrogen-bond donors (Lipinski definition) is 2. The van der Waals surface area contributed by atoms with Crippen LogP contribution in [0.5, 0.6) is 0 Å². The fourth-order valence-corrected chi connectivity index (χ4v) is 0.513. The summed E-state index contributed by atoms with van der Waals surface area (Å²) in [4.78, 5) is 10.3. The van der Waals surface area contributed by atoms with E-state index in [1.807, 2.05) is 6.92 Å². The molecule has 0 aromatic carbocycles. The Kier molecular flexibility index (Phi) is 4.81. The third-order valence-corrected chi connectivity index (χ3v) is 1.48. The summed E-state index contributed by atoms with van der Waals surface area (Å²) in [5, 5.41) is 11.3. The fraction of sp³-hybridized carbons (Fsp3) is 0.857. The maximum Gasteiger partial charge on any atom is 0.320 e. The van der Waals surface area contributed by atoms with Gasteiger partial charge in [0.1, 0.15) is 6.04 Å². The van der Waals surface area contributed by atoms with Crippen LogP contribution in [0, 0.1) is 0 Å². The summed E-state index contributed by atoms with van der Waals surface area (Å²) in [7, 11) is 1.60. The van der Waals surface area contributed by atoms with E-state index >= 15 is 0 Å². The zero-order valence-electron chi connectivity index (χ0n) is 7.13. The van der Waals surface area contributed by atoms with Gasteiger partial charge in [0.2, 0.25) is 0 Å². The van der Waals surface area contributed by atoms with E-state index in [2.05, 4.69) is 5.32 Å². The lowest BCUT2D eigenvalue weighted by Crippen LogP contribution is -2.38. The van der Waals surface area contributed by atoms with Crippen molar-refractivity contribution >= 4 is 5.97 Å². The predicted octanol–water partition coefficient (Wildman–Crippen LogP) is 0.0840. The maximum atomic E-state index is 10.3. The molecule has 4 nitrogen and oxygen atoms in total. The lowest BCUT2D eigenvalue weighted by Gasteiger charge is -2.13. The first kappa shape index (κ1) is 10.4. The largest absolute Gasteiger partial charge is 0.480 e. The van der Waals surface area contributed by atoms with E-state index in [1.165, 1.54) is 0 Å². The zero-order valence-corrected chi connectivity index (χ0v) is 7.13. The first-order chi connectivity index (χ1) is 5.07. The normalized spacial score (nSPS) is 15.9. The monoisotopic (exact) mass is 161 g/mol. The van der Waals surface area contributed by atoms with Crippen molar-refractivity contribution in [2.75, 3.05) is 13.7 Å². The minimum atomic E-state index is -0.840. The van der Waals surface area contributed by atoms with E-state index in [9.17, 15) is 4.79 Å². The van der Waals surface area contributed by atoms with Crippen LogP contribution >= 0.6 is 0 Å². The number of hydrogen-bond acceptors (Lipinski definition) is 3. The van der Waals surface area contributed by atoms with E-state index in [1.54, 1.807) is 14.0 Å². The molecule has 2 N–H and O–H groups in total. The Bertz CT molecular complexity index is 127. The third-order valence-electron chi connectivity index (χ3n) is 1.48. The highest BCUT2D eigenvalue weighted by molar-refractivity contribution is 5.72. The van der Waals surface area contributed by atoms with Crippen molar-refractivity contribution in [3.05, 3.63) is 0 Å². The molecule has 0 aliphatic carbocycles. The molecule has 0 heterocycles. The second kappa shape index (κ2) is 5.09. The molecule has 0 aliphatic rings. The first-order valence-corrected chi connectivity index (χ1v) is 3.57. The Balaban J connectivity index is 3.45. The van der Waals surface area contributed by atoms with Gasteiger partial charge in [-0.05, 0) is 13.8 Å². The van der Waals surface area contributed by atoms with Gasteiger partial charge in [-0.15, -0.1) is 0 Å². The number of rotatable bonds is 5. The van der Waals surface area contributed by atoms with Crippen LogP contribution in [0.1, 0.15) is 13.8 Å². The van der Waals surface area contributed by atoms with Crippen LogP contribution in [0.4, 0.5) is 0 Å². The average Bonchev–Trinajstić information content (AvgIpc) is 1.99. The molecule has 1 unspecified atom stereocenters. The molecule has 11 heavy (non-hydrogen) atoms. The lowest BCUT2D eigenvalue weighted by molar-refractivity contribution is -0.139. The molecule has 0 saturated heterocycles. The standard InChI is InChI=1S/C7H15NO3/c1-5(11-3)4-8-6(2)7(9)10/h5-6,8H,4H2,1-3H3,(H,9,10)/t5?,6-/m1/s1. The van der Waals surface area contributed by atoms with Gasteiger partial charge in [0.05, 0.1) is 6.10 Å². The molecule has 0 radical (unpaired) electrons. The van der Waals surface area contributed by atoms with Crippen LogP contribution in [0.15, 0.2) is 0 Å². The van der Waals surface area contributed by atoms with E-state index < -0.39 is 12.0 Å². The molecule has 0 fully saturated rings. The summed E-state index contributed by atoms with van der Waals surface area (Å²) in [6.07, 6.45) is 0.0526. The van der Waals surface area contributed by atoms with Gasteiger partial charge >= 0.3 is 5.97 Å². The summed E-state index contributed by atoms with van der Waals surface area (Å²) >= 11 is 0. The third kappa shape index (κ3) is 4.75. The van der Waals surface area contributed by atoms with Crippen molar-refractivity contribution in [3.8, 4) is 0 Å². The average molecular weight is 161 g/mol. The van der Waals surface area contributed by atoms with E-state index in [-0.39, 0.29) is 6.10 Å². The van der Waals surface area contributed by atoms with Crippen molar-refractivity contribution in [2.45, 2.75) is 26.0 Å². The molecule has 0 aliphatic heterocycles. The summed E-state index contributed by atoms with van der Waals surface area (Å²) < 4.78 is 4.92. The van der Waals surface area contributed by atoms with Gasteiger partial charge in [-0.3, -0.25) is 4.79 Å². The van der Waals surface area contributed by atoms with Gasteiger partial charge in [0.25, 0.3) is 0 Å². The summed E-state index contributed by atoms with van der Waals surface area (Å²) in [5.74, 6) is -0.840.